The van der Waals surface area contributed by atoms with Crippen molar-refractivity contribution >= 4 is 20.9 Å². The van der Waals surface area contributed by atoms with Crippen LogP contribution in [0.25, 0.3) is 16.6 Å². The van der Waals surface area contributed by atoms with E-state index in [4.69, 9.17) is 5.14 Å². The van der Waals surface area contributed by atoms with Crippen molar-refractivity contribution in [2.24, 2.45) is 5.14 Å². The minimum Gasteiger partial charge on any atom is -0.268 e. The van der Waals surface area contributed by atoms with Crippen LogP contribution >= 0.6 is 0 Å². The van der Waals surface area contributed by atoms with Gasteiger partial charge in [-0.2, -0.15) is 0 Å². The van der Waals surface area contributed by atoms with Crippen molar-refractivity contribution in [2.75, 3.05) is 0 Å². The van der Waals surface area contributed by atoms with E-state index in [0.29, 0.717) is 16.6 Å². The van der Waals surface area contributed by atoms with Gasteiger partial charge in [-0.15, -0.1) is 0 Å². The maximum atomic E-state index is 13.0. The van der Waals surface area contributed by atoms with Crippen molar-refractivity contribution in [3.8, 4) is 5.69 Å². The van der Waals surface area contributed by atoms with Crippen LogP contribution in [-0.2, 0) is 10.0 Å². The van der Waals surface area contributed by atoms with Crippen LogP contribution in [0.1, 0.15) is 11.1 Å². The molecule has 23 heavy (non-hydrogen) atoms. The van der Waals surface area contributed by atoms with Crippen LogP contribution in [0.2, 0.25) is 0 Å². The Balaban J connectivity index is 2.59. The summed E-state index contributed by atoms with van der Waals surface area (Å²) in [6.07, 6.45) is 0. The number of para-hydroxylation sites is 1. The van der Waals surface area contributed by atoms with Gasteiger partial charge < -0.3 is 0 Å². The molecule has 7 heteroatoms. The van der Waals surface area contributed by atoms with Crippen molar-refractivity contribution in [2.45, 2.75) is 19.0 Å². The second-order valence-corrected chi connectivity index (χ2v) is 6.79. The molecular formula is C16H15N3O3S. The van der Waals surface area contributed by atoms with Crippen LogP contribution in [0.3, 0.4) is 0 Å². The summed E-state index contributed by atoms with van der Waals surface area (Å²) in [5, 5.41) is 5.21. The van der Waals surface area contributed by atoms with E-state index in [2.05, 4.69) is 4.98 Å². The lowest BCUT2D eigenvalue weighted by Gasteiger charge is -2.14. The van der Waals surface area contributed by atoms with E-state index in [1.54, 1.807) is 56.3 Å². The Kier molecular flexibility index (Phi) is 3.54. The molecule has 3 rings (SSSR count). The van der Waals surface area contributed by atoms with E-state index in [-0.39, 0.29) is 0 Å². The zero-order valence-electron chi connectivity index (χ0n) is 12.6. The summed E-state index contributed by atoms with van der Waals surface area (Å²) in [7, 11) is -4.17. The number of nitrogens with two attached hydrogens (primary N) is 1. The van der Waals surface area contributed by atoms with Gasteiger partial charge in [0.05, 0.1) is 16.6 Å². The molecule has 0 aliphatic heterocycles. The standard InChI is InChI=1S/C16H15N3O3S/c1-10-6-3-4-9-13(10)19-15(20)14-11(2)7-5-8-12(14)18-16(19)23(17,21)22/h3-9H,1-2H3,(H2,17,21,22). The number of rotatable bonds is 2. The number of primary sulfonamides is 1. The van der Waals surface area contributed by atoms with E-state index in [9.17, 15) is 13.2 Å². The second-order valence-electron chi connectivity index (χ2n) is 5.34. The number of aryl methyl sites for hydroxylation is 2. The van der Waals surface area contributed by atoms with Crippen LogP contribution in [-0.4, -0.2) is 18.0 Å². The van der Waals surface area contributed by atoms with Gasteiger partial charge in [-0.05, 0) is 37.1 Å². The number of benzene rings is 2. The Hall–Kier alpha value is -2.51. The van der Waals surface area contributed by atoms with Crippen molar-refractivity contribution in [1.82, 2.24) is 9.55 Å². The number of sulfonamides is 1. The molecule has 0 bridgehead atoms. The molecule has 0 saturated carbocycles. The van der Waals surface area contributed by atoms with Crippen LogP contribution in [0.15, 0.2) is 52.4 Å². The van der Waals surface area contributed by atoms with Crippen molar-refractivity contribution in [1.29, 1.82) is 0 Å². The summed E-state index contributed by atoms with van der Waals surface area (Å²) >= 11 is 0. The van der Waals surface area contributed by atoms with Crippen molar-refractivity contribution in [3.63, 3.8) is 0 Å². The zero-order chi connectivity index (χ0) is 16.8. The quantitative estimate of drug-likeness (QED) is 0.723. The molecule has 0 amide bonds. The van der Waals surface area contributed by atoms with Gasteiger partial charge in [0.15, 0.2) is 0 Å². The molecule has 1 heterocycles. The molecule has 1 aromatic heterocycles. The van der Waals surface area contributed by atoms with Crippen LogP contribution in [0, 0.1) is 13.8 Å². The molecule has 6 nitrogen and oxygen atoms in total. The zero-order valence-corrected chi connectivity index (χ0v) is 13.5. The van der Waals surface area contributed by atoms with Gasteiger partial charge in [0, 0.05) is 0 Å². The molecule has 0 aliphatic rings. The number of hydrogen-bond donors (Lipinski definition) is 1. The van der Waals surface area contributed by atoms with Gasteiger partial charge in [0.1, 0.15) is 0 Å². The van der Waals surface area contributed by atoms with Crippen molar-refractivity contribution < 1.29 is 8.42 Å². The average molecular weight is 329 g/mol. The molecule has 0 unspecified atom stereocenters. The van der Waals surface area contributed by atoms with E-state index < -0.39 is 20.7 Å². The van der Waals surface area contributed by atoms with E-state index in [0.717, 1.165) is 15.7 Å². The second kappa shape index (κ2) is 5.29. The van der Waals surface area contributed by atoms with Gasteiger partial charge in [-0.25, -0.2) is 23.1 Å². The fourth-order valence-corrected chi connectivity index (χ4v) is 3.25. The maximum Gasteiger partial charge on any atom is 0.272 e. The molecule has 0 saturated heterocycles. The highest BCUT2D eigenvalue weighted by atomic mass is 32.2. The fourth-order valence-electron chi connectivity index (χ4n) is 2.59. The first kappa shape index (κ1) is 15.4. The highest BCUT2D eigenvalue weighted by Gasteiger charge is 2.22. The minimum atomic E-state index is -4.17. The number of nitrogens with zero attached hydrogens (tertiary/aromatic N) is 2. The van der Waals surface area contributed by atoms with Crippen LogP contribution < -0.4 is 10.7 Å². The monoisotopic (exact) mass is 329 g/mol. The summed E-state index contributed by atoms with van der Waals surface area (Å²) in [4.78, 5) is 17.1. The first-order chi connectivity index (χ1) is 10.8. The SMILES string of the molecule is Cc1ccccc1-n1c(S(N)(=O)=O)nc2cccc(C)c2c1=O. The Morgan fingerprint density at radius 2 is 1.65 bits per heavy atom. The lowest BCUT2D eigenvalue weighted by Crippen LogP contribution is -2.30. The molecule has 2 aromatic carbocycles. The third-order valence-corrected chi connectivity index (χ3v) is 4.47. The first-order valence-electron chi connectivity index (χ1n) is 6.92. The van der Waals surface area contributed by atoms with Gasteiger partial charge in [-0.3, -0.25) is 4.79 Å². The molecule has 0 radical (unpaired) electrons. The van der Waals surface area contributed by atoms with E-state index in [1.165, 1.54) is 0 Å². The molecule has 0 aliphatic carbocycles. The predicted octanol–water partition coefficient (Wildman–Crippen LogP) is 1.65. The first-order valence-corrected chi connectivity index (χ1v) is 8.46. The topological polar surface area (TPSA) is 95.1 Å². The Labute approximate surface area is 133 Å². The molecule has 2 N–H and O–H groups in total. The Morgan fingerprint density at radius 1 is 1.00 bits per heavy atom. The molecule has 0 atom stereocenters. The number of fused-ring (bicyclic) bond motifs is 1. The number of aromatic nitrogens is 2. The Morgan fingerprint density at radius 3 is 2.30 bits per heavy atom. The summed E-state index contributed by atoms with van der Waals surface area (Å²) in [6.45, 7) is 3.57. The van der Waals surface area contributed by atoms with Crippen molar-refractivity contribution in [3.05, 3.63) is 63.9 Å². The van der Waals surface area contributed by atoms with Gasteiger partial charge in [0.25, 0.3) is 20.7 Å². The lowest BCUT2D eigenvalue weighted by molar-refractivity contribution is 0.582. The molecule has 0 spiro atoms. The van der Waals surface area contributed by atoms with Gasteiger partial charge >= 0.3 is 0 Å². The third kappa shape index (κ3) is 2.54. The summed E-state index contributed by atoms with van der Waals surface area (Å²) in [5.41, 5.74) is 1.77. The predicted molar refractivity (Wildman–Crippen MR) is 88.2 cm³/mol. The third-order valence-electron chi connectivity index (χ3n) is 3.69. The summed E-state index contributed by atoms with van der Waals surface area (Å²) in [6, 6.07) is 12.1. The Bertz CT molecular complexity index is 1090. The van der Waals surface area contributed by atoms with E-state index >= 15 is 0 Å². The smallest absolute Gasteiger partial charge is 0.268 e. The highest BCUT2D eigenvalue weighted by molar-refractivity contribution is 7.89. The van der Waals surface area contributed by atoms with Gasteiger partial charge in [-0.1, -0.05) is 30.3 Å². The molecule has 3 aromatic rings. The largest absolute Gasteiger partial charge is 0.272 e. The summed E-state index contributed by atoms with van der Waals surface area (Å²) in [5.74, 6) is 0. The number of hydrogen-bond acceptors (Lipinski definition) is 4. The molecule has 118 valence electrons. The van der Waals surface area contributed by atoms with Crippen LogP contribution in [0.5, 0.6) is 0 Å². The minimum absolute atomic E-state index is 0.309. The summed E-state index contributed by atoms with van der Waals surface area (Å²) < 4.78 is 25.0. The fraction of sp³-hybridized carbons (Fsp3) is 0.125. The lowest BCUT2D eigenvalue weighted by atomic mass is 10.1. The van der Waals surface area contributed by atoms with Crippen LogP contribution in [0.4, 0.5) is 0 Å². The molecular weight excluding hydrogens is 314 g/mol. The van der Waals surface area contributed by atoms with E-state index in [1.807, 2.05) is 0 Å². The highest BCUT2D eigenvalue weighted by Crippen LogP contribution is 2.19. The average Bonchev–Trinajstić information content (AvgIpc) is 2.47. The molecule has 0 fully saturated rings. The maximum absolute atomic E-state index is 13.0. The van der Waals surface area contributed by atoms with Gasteiger partial charge in [0.2, 0.25) is 0 Å². The normalized spacial score (nSPS) is 11.8.